The van der Waals surface area contributed by atoms with Gasteiger partial charge >= 0.3 is 0 Å². The van der Waals surface area contributed by atoms with E-state index in [4.69, 9.17) is 0 Å². The van der Waals surface area contributed by atoms with Crippen LogP contribution in [0.25, 0.3) is 21.8 Å². The van der Waals surface area contributed by atoms with E-state index in [0.29, 0.717) is 22.1 Å². The van der Waals surface area contributed by atoms with Gasteiger partial charge in [-0.3, -0.25) is 15.1 Å². The Morgan fingerprint density at radius 1 is 1.15 bits per heavy atom. The van der Waals surface area contributed by atoms with Gasteiger partial charge in [0.05, 0.1) is 15.3 Å². The van der Waals surface area contributed by atoms with Crippen LogP contribution in [0.3, 0.4) is 0 Å². The molecule has 0 spiro atoms. The molecular weight excluding hydrogens is 356 g/mol. The second-order valence-corrected chi connectivity index (χ2v) is 7.60. The minimum absolute atomic E-state index is 0.0198. The SMILES string of the molecule is Cc1nc2c(S(=O)(=O)c3cccc4cnccc34)c([N+](=O)[O-])ccc2[nH]1. The minimum Gasteiger partial charge on any atom is -0.342 e. The van der Waals surface area contributed by atoms with Crippen molar-refractivity contribution in [3.05, 3.63) is 64.7 Å². The van der Waals surface area contributed by atoms with Gasteiger partial charge in [0.1, 0.15) is 11.3 Å². The molecule has 0 saturated heterocycles. The molecule has 2 aromatic carbocycles. The van der Waals surface area contributed by atoms with Gasteiger partial charge < -0.3 is 4.98 Å². The average molecular weight is 368 g/mol. The quantitative estimate of drug-likeness (QED) is 0.438. The van der Waals surface area contributed by atoms with Crippen molar-refractivity contribution < 1.29 is 13.3 Å². The highest BCUT2D eigenvalue weighted by molar-refractivity contribution is 7.92. The molecule has 0 radical (unpaired) electrons. The molecule has 4 rings (SSSR count). The summed E-state index contributed by atoms with van der Waals surface area (Å²) in [6.45, 7) is 1.66. The third-order valence-corrected chi connectivity index (χ3v) is 5.98. The lowest BCUT2D eigenvalue weighted by Crippen LogP contribution is -2.07. The molecule has 0 aliphatic carbocycles. The van der Waals surface area contributed by atoms with E-state index in [9.17, 15) is 18.5 Å². The van der Waals surface area contributed by atoms with E-state index < -0.39 is 25.3 Å². The Kier molecular flexibility index (Phi) is 3.48. The highest BCUT2D eigenvalue weighted by Crippen LogP contribution is 2.37. The molecule has 0 unspecified atom stereocenters. The fourth-order valence-corrected chi connectivity index (χ4v) is 4.79. The molecule has 2 aromatic heterocycles. The van der Waals surface area contributed by atoms with Gasteiger partial charge in [0, 0.05) is 29.2 Å². The van der Waals surface area contributed by atoms with Crippen molar-refractivity contribution >= 4 is 37.3 Å². The van der Waals surface area contributed by atoms with Crippen molar-refractivity contribution in [1.29, 1.82) is 0 Å². The number of nitrogens with zero attached hydrogens (tertiary/aromatic N) is 3. The Morgan fingerprint density at radius 2 is 1.96 bits per heavy atom. The van der Waals surface area contributed by atoms with Crippen LogP contribution in [0.15, 0.2) is 58.6 Å². The van der Waals surface area contributed by atoms with Crippen molar-refractivity contribution in [1.82, 2.24) is 15.0 Å². The first-order valence-electron chi connectivity index (χ1n) is 7.61. The maximum absolute atomic E-state index is 13.4. The lowest BCUT2D eigenvalue weighted by atomic mass is 10.2. The van der Waals surface area contributed by atoms with Crippen LogP contribution in [0, 0.1) is 17.0 Å². The Hall–Kier alpha value is -3.33. The summed E-state index contributed by atoms with van der Waals surface area (Å²) >= 11 is 0. The molecule has 8 nitrogen and oxygen atoms in total. The third-order valence-electron chi connectivity index (χ3n) is 4.10. The molecule has 0 fully saturated rings. The van der Waals surface area contributed by atoms with Gasteiger partial charge in [0.25, 0.3) is 5.69 Å². The second-order valence-electron chi connectivity index (χ2n) is 5.75. The van der Waals surface area contributed by atoms with Gasteiger partial charge in [-0.05, 0) is 25.1 Å². The third kappa shape index (κ3) is 2.32. The Labute approximate surface area is 147 Å². The van der Waals surface area contributed by atoms with E-state index >= 15 is 0 Å². The van der Waals surface area contributed by atoms with Crippen molar-refractivity contribution in [3.8, 4) is 0 Å². The Bertz CT molecular complexity index is 1290. The van der Waals surface area contributed by atoms with Crippen LogP contribution >= 0.6 is 0 Å². The molecule has 9 heteroatoms. The van der Waals surface area contributed by atoms with Gasteiger partial charge in [0.15, 0.2) is 4.90 Å². The van der Waals surface area contributed by atoms with Crippen LogP contribution in [0.5, 0.6) is 0 Å². The summed E-state index contributed by atoms with van der Waals surface area (Å²) in [7, 11) is -4.21. The van der Waals surface area contributed by atoms with Crippen LogP contribution in [0.1, 0.15) is 5.82 Å². The maximum Gasteiger partial charge on any atom is 0.290 e. The van der Waals surface area contributed by atoms with Crippen molar-refractivity contribution in [3.63, 3.8) is 0 Å². The van der Waals surface area contributed by atoms with Crippen molar-refractivity contribution in [2.24, 2.45) is 0 Å². The van der Waals surface area contributed by atoms with E-state index in [1.807, 2.05) is 0 Å². The van der Waals surface area contributed by atoms with Crippen molar-refractivity contribution in [2.45, 2.75) is 16.7 Å². The van der Waals surface area contributed by atoms with Crippen LogP contribution in [-0.2, 0) is 9.84 Å². The lowest BCUT2D eigenvalue weighted by molar-refractivity contribution is -0.387. The zero-order valence-electron chi connectivity index (χ0n) is 13.5. The molecule has 0 saturated carbocycles. The fourth-order valence-electron chi connectivity index (χ4n) is 3.01. The van der Waals surface area contributed by atoms with Gasteiger partial charge in [-0.25, -0.2) is 13.4 Å². The zero-order chi connectivity index (χ0) is 18.5. The molecule has 0 aliphatic heterocycles. The highest BCUT2D eigenvalue weighted by atomic mass is 32.2. The number of aromatic nitrogens is 3. The number of nitro groups is 1. The smallest absolute Gasteiger partial charge is 0.290 e. The molecule has 0 amide bonds. The Morgan fingerprint density at radius 3 is 2.73 bits per heavy atom. The molecule has 4 aromatic rings. The number of aryl methyl sites for hydroxylation is 1. The molecule has 1 N–H and O–H groups in total. The summed E-state index contributed by atoms with van der Waals surface area (Å²) in [6, 6.07) is 8.95. The van der Waals surface area contributed by atoms with E-state index in [-0.39, 0.29) is 10.4 Å². The summed E-state index contributed by atoms with van der Waals surface area (Å²) in [5.41, 5.74) is -0.0219. The first-order chi connectivity index (χ1) is 12.4. The van der Waals surface area contributed by atoms with Crippen LogP contribution in [-0.4, -0.2) is 28.3 Å². The van der Waals surface area contributed by atoms with Crippen LogP contribution in [0.2, 0.25) is 0 Å². The number of benzene rings is 2. The maximum atomic E-state index is 13.4. The minimum atomic E-state index is -4.21. The number of imidazole rings is 1. The van der Waals surface area contributed by atoms with E-state index in [2.05, 4.69) is 15.0 Å². The summed E-state index contributed by atoms with van der Waals surface area (Å²) in [5, 5.41) is 12.6. The second kappa shape index (κ2) is 5.60. The number of sulfone groups is 1. The van der Waals surface area contributed by atoms with Gasteiger partial charge in [-0.15, -0.1) is 0 Å². The topological polar surface area (TPSA) is 119 Å². The number of rotatable bonds is 3. The summed E-state index contributed by atoms with van der Waals surface area (Å²) in [4.78, 5) is 21.5. The standard InChI is InChI=1S/C17H12N4O4S/c1-10-19-13-5-6-14(21(22)23)17(16(13)20-10)26(24,25)15-4-2-3-11-9-18-8-7-12(11)15/h2-9H,1H3,(H,19,20). The molecule has 26 heavy (non-hydrogen) atoms. The molecule has 130 valence electrons. The first kappa shape index (κ1) is 16.2. The van der Waals surface area contributed by atoms with E-state index in [1.54, 1.807) is 31.3 Å². The molecule has 0 aliphatic rings. The van der Waals surface area contributed by atoms with E-state index in [0.717, 1.165) is 0 Å². The number of aromatic amines is 1. The van der Waals surface area contributed by atoms with Gasteiger partial charge in [-0.1, -0.05) is 12.1 Å². The fraction of sp³-hybridized carbons (Fsp3) is 0.0588. The van der Waals surface area contributed by atoms with Gasteiger partial charge in [-0.2, -0.15) is 0 Å². The number of hydrogen-bond acceptors (Lipinski definition) is 6. The normalized spacial score (nSPS) is 11.9. The summed E-state index contributed by atoms with van der Waals surface area (Å²) in [5.74, 6) is 0.471. The zero-order valence-corrected chi connectivity index (χ0v) is 14.3. The summed E-state index contributed by atoms with van der Waals surface area (Å²) in [6.07, 6.45) is 3.02. The van der Waals surface area contributed by atoms with Crippen LogP contribution in [0.4, 0.5) is 5.69 Å². The number of pyridine rings is 1. The largest absolute Gasteiger partial charge is 0.342 e. The Balaban J connectivity index is 2.14. The number of fused-ring (bicyclic) bond motifs is 2. The number of H-pyrrole nitrogens is 1. The molecule has 0 bridgehead atoms. The average Bonchev–Trinajstić information content (AvgIpc) is 3.00. The predicted octanol–water partition coefficient (Wildman–Crippen LogP) is 3.16. The molecular formula is C17H12N4O4S. The number of nitrogens with one attached hydrogen (secondary N) is 1. The van der Waals surface area contributed by atoms with Crippen molar-refractivity contribution in [2.75, 3.05) is 0 Å². The highest BCUT2D eigenvalue weighted by Gasteiger charge is 2.32. The molecule has 0 atom stereocenters. The van der Waals surface area contributed by atoms with Gasteiger partial charge in [0.2, 0.25) is 9.84 Å². The number of hydrogen-bond donors (Lipinski definition) is 1. The lowest BCUT2D eigenvalue weighted by Gasteiger charge is -2.09. The monoisotopic (exact) mass is 368 g/mol. The number of nitro benzene ring substituents is 1. The first-order valence-corrected chi connectivity index (χ1v) is 9.09. The molecule has 2 heterocycles. The predicted molar refractivity (Wildman–Crippen MR) is 94.7 cm³/mol. The summed E-state index contributed by atoms with van der Waals surface area (Å²) < 4.78 is 26.8. The van der Waals surface area contributed by atoms with Crippen LogP contribution < -0.4 is 0 Å². The van der Waals surface area contributed by atoms with E-state index in [1.165, 1.54) is 24.4 Å².